The number of aliphatic hydroxyl groups is 1. The highest BCUT2D eigenvalue weighted by molar-refractivity contribution is 5.58. The molecule has 0 spiro atoms. The molecule has 1 aromatic heterocycles. The van der Waals surface area contributed by atoms with E-state index in [1.807, 2.05) is 14.0 Å². The molecule has 0 aliphatic carbocycles. The minimum Gasteiger partial charge on any atom is -0.393 e. The highest BCUT2D eigenvalue weighted by Crippen LogP contribution is 2.25. The van der Waals surface area contributed by atoms with E-state index in [1.165, 1.54) is 0 Å². The molecule has 0 radical (unpaired) electrons. The summed E-state index contributed by atoms with van der Waals surface area (Å²) in [5.41, 5.74) is 1.07. The number of aromatic nitrogens is 2. The molecule has 0 bridgehead atoms. The normalized spacial score (nSPS) is 12.6. The molecule has 1 heterocycles. The number of aliphatic hydroxyl groups excluding tert-OH is 1. The number of nitrogens with one attached hydrogen (secondary N) is 1. The van der Waals surface area contributed by atoms with Crippen LogP contribution >= 0.6 is 0 Å². The van der Waals surface area contributed by atoms with Crippen molar-refractivity contribution in [1.82, 2.24) is 9.97 Å². The van der Waals surface area contributed by atoms with Crippen LogP contribution in [0.2, 0.25) is 0 Å². The number of hydrogen-bond acceptors (Lipinski definition) is 5. The number of hydrogen-bond donors (Lipinski definition) is 2. The van der Waals surface area contributed by atoms with Gasteiger partial charge in [0.05, 0.1) is 6.10 Å². The molecule has 0 saturated carbocycles. The van der Waals surface area contributed by atoms with Crippen LogP contribution < -0.4 is 10.2 Å². The van der Waals surface area contributed by atoms with E-state index in [4.69, 9.17) is 4.98 Å². The highest BCUT2D eigenvalue weighted by atomic mass is 16.3. The number of anilines is 2. The van der Waals surface area contributed by atoms with Crippen LogP contribution in [-0.2, 0) is 0 Å². The minimum atomic E-state index is -0.295. The van der Waals surface area contributed by atoms with Crippen LogP contribution in [0.5, 0.6) is 0 Å². The van der Waals surface area contributed by atoms with Crippen LogP contribution in [0.3, 0.4) is 0 Å². The van der Waals surface area contributed by atoms with E-state index in [0.29, 0.717) is 0 Å². The standard InChI is InChI=1S/C16H30N4O/c1-7-9-17-15-13(5)16(19-14(18-15)11(2)3)20(6)10-8-12(4)21/h11-12,21H,7-10H2,1-6H3,(H,17,18,19). The first kappa shape index (κ1) is 17.7. The van der Waals surface area contributed by atoms with Crippen LogP contribution in [0.1, 0.15) is 57.8 Å². The molecule has 0 aromatic carbocycles. The van der Waals surface area contributed by atoms with Crippen LogP contribution in [0.4, 0.5) is 11.6 Å². The van der Waals surface area contributed by atoms with E-state index in [1.54, 1.807) is 0 Å². The van der Waals surface area contributed by atoms with E-state index in [-0.39, 0.29) is 12.0 Å². The molecule has 0 saturated heterocycles. The summed E-state index contributed by atoms with van der Waals surface area (Å²) in [6.45, 7) is 11.9. The fourth-order valence-electron chi connectivity index (χ4n) is 2.05. The maximum absolute atomic E-state index is 9.46. The summed E-state index contributed by atoms with van der Waals surface area (Å²) in [7, 11) is 2.02. The third kappa shape index (κ3) is 5.16. The lowest BCUT2D eigenvalue weighted by Gasteiger charge is -2.23. The monoisotopic (exact) mass is 294 g/mol. The van der Waals surface area contributed by atoms with Crippen LogP contribution in [-0.4, -0.2) is 41.3 Å². The zero-order valence-electron chi connectivity index (χ0n) is 14.3. The van der Waals surface area contributed by atoms with Gasteiger partial charge in [0.15, 0.2) is 0 Å². The zero-order valence-corrected chi connectivity index (χ0v) is 14.3. The van der Waals surface area contributed by atoms with Gasteiger partial charge in [-0.25, -0.2) is 9.97 Å². The second-order valence-corrected chi connectivity index (χ2v) is 6.02. The molecule has 21 heavy (non-hydrogen) atoms. The van der Waals surface area contributed by atoms with Crippen LogP contribution in [0, 0.1) is 6.92 Å². The molecule has 120 valence electrons. The van der Waals surface area contributed by atoms with Gasteiger partial charge in [-0.2, -0.15) is 0 Å². The van der Waals surface area contributed by atoms with Crippen molar-refractivity contribution in [3.63, 3.8) is 0 Å². The first-order valence-electron chi connectivity index (χ1n) is 7.88. The Labute approximate surface area is 128 Å². The Morgan fingerprint density at radius 3 is 2.43 bits per heavy atom. The van der Waals surface area contributed by atoms with Crippen LogP contribution in [0.25, 0.3) is 0 Å². The third-order valence-electron chi connectivity index (χ3n) is 3.44. The van der Waals surface area contributed by atoms with Gasteiger partial charge in [-0.05, 0) is 26.7 Å². The van der Waals surface area contributed by atoms with Gasteiger partial charge >= 0.3 is 0 Å². The topological polar surface area (TPSA) is 61.3 Å². The Morgan fingerprint density at radius 2 is 1.90 bits per heavy atom. The Morgan fingerprint density at radius 1 is 1.24 bits per heavy atom. The number of rotatable bonds is 8. The first-order chi connectivity index (χ1) is 9.86. The van der Waals surface area contributed by atoms with Crippen molar-refractivity contribution in [1.29, 1.82) is 0 Å². The summed E-state index contributed by atoms with van der Waals surface area (Å²) >= 11 is 0. The van der Waals surface area contributed by atoms with Crippen molar-refractivity contribution in [2.75, 3.05) is 30.4 Å². The van der Waals surface area contributed by atoms with E-state index < -0.39 is 0 Å². The van der Waals surface area contributed by atoms with Gasteiger partial charge in [-0.1, -0.05) is 20.8 Å². The average Bonchev–Trinajstić information content (AvgIpc) is 2.43. The molecule has 0 aliphatic rings. The molecule has 5 heteroatoms. The smallest absolute Gasteiger partial charge is 0.137 e. The van der Waals surface area contributed by atoms with Crippen LogP contribution in [0.15, 0.2) is 0 Å². The van der Waals surface area contributed by atoms with Gasteiger partial charge in [-0.15, -0.1) is 0 Å². The van der Waals surface area contributed by atoms with Gasteiger partial charge in [0.2, 0.25) is 0 Å². The SMILES string of the molecule is CCCNc1nc(C(C)C)nc(N(C)CCC(C)O)c1C. The van der Waals surface area contributed by atoms with E-state index in [0.717, 1.165) is 49.0 Å². The quantitative estimate of drug-likeness (QED) is 0.772. The fourth-order valence-corrected chi connectivity index (χ4v) is 2.05. The molecule has 2 N–H and O–H groups in total. The van der Waals surface area contributed by atoms with Gasteiger partial charge < -0.3 is 15.3 Å². The summed E-state index contributed by atoms with van der Waals surface area (Å²) < 4.78 is 0. The zero-order chi connectivity index (χ0) is 16.0. The van der Waals surface area contributed by atoms with Crippen molar-refractivity contribution in [2.45, 2.75) is 59.5 Å². The number of nitrogens with zero attached hydrogens (tertiary/aromatic N) is 3. The van der Waals surface area contributed by atoms with E-state index in [2.05, 4.69) is 42.9 Å². The summed E-state index contributed by atoms with van der Waals surface area (Å²) in [6, 6.07) is 0. The average molecular weight is 294 g/mol. The minimum absolute atomic E-state index is 0.289. The molecule has 1 atom stereocenters. The molecular formula is C16H30N4O. The lowest BCUT2D eigenvalue weighted by atomic mass is 10.2. The van der Waals surface area contributed by atoms with Crippen molar-refractivity contribution >= 4 is 11.6 Å². The molecule has 5 nitrogen and oxygen atoms in total. The summed E-state index contributed by atoms with van der Waals surface area (Å²) in [5, 5.41) is 12.9. The van der Waals surface area contributed by atoms with E-state index in [9.17, 15) is 5.11 Å². The van der Waals surface area contributed by atoms with Gasteiger partial charge in [0, 0.05) is 31.6 Å². The summed E-state index contributed by atoms with van der Waals surface area (Å²) in [5.74, 6) is 3.03. The highest BCUT2D eigenvalue weighted by Gasteiger charge is 2.16. The molecular weight excluding hydrogens is 264 g/mol. The van der Waals surface area contributed by atoms with Crippen molar-refractivity contribution in [3.8, 4) is 0 Å². The lowest BCUT2D eigenvalue weighted by molar-refractivity contribution is 0.187. The third-order valence-corrected chi connectivity index (χ3v) is 3.44. The van der Waals surface area contributed by atoms with Crippen molar-refractivity contribution < 1.29 is 5.11 Å². The maximum atomic E-state index is 9.46. The largest absolute Gasteiger partial charge is 0.393 e. The molecule has 0 amide bonds. The predicted molar refractivity (Wildman–Crippen MR) is 89.2 cm³/mol. The molecule has 1 aromatic rings. The maximum Gasteiger partial charge on any atom is 0.137 e. The summed E-state index contributed by atoms with van der Waals surface area (Å²) in [6.07, 6.45) is 1.50. The molecule has 0 aliphatic heterocycles. The summed E-state index contributed by atoms with van der Waals surface area (Å²) in [4.78, 5) is 11.5. The van der Waals surface area contributed by atoms with Gasteiger partial charge in [0.25, 0.3) is 0 Å². The Balaban J connectivity index is 3.07. The lowest BCUT2D eigenvalue weighted by Crippen LogP contribution is -2.25. The Bertz CT molecular complexity index is 446. The van der Waals surface area contributed by atoms with Crippen molar-refractivity contribution in [3.05, 3.63) is 11.4 Å². The second-order valence-electron chi connectivity index (χ2n) is 6.02. The van der Waals surface area contributed by atoms with Crippen molar-refractivity contribution in [2.24, 2.45) is 0 Å². The predicted octanol–water partition coefficient (Wildman–Crippen LogP) is 2.94. The Kier molecular flexibility index (Phi) is 6.89. The van der Waals surface area contributed by atoms with Gasteiger partial charge in [0.1, 0.15) is 17.5 Å². The Hall–Kier alpha value is -1.36. The molecule has 1 unspecified atom stereocenters. The van der Waals surface area contributed by atoms with Gasteiger partial charge in [-0.3, -0.25) is 0 Å². The second kappa shape index (κ2) is 8.17. The fraction of sp³-hybridized carbons (Fsp3) is 0.750. The first-order valence-corrected chi connectivity index (χ1v) is 7.88. The molecule has 1 rings (SSSR count). The molecule has 0 fully saturated rings. The van der Waals surface area contributed by atoms with E-state index >= 15 is 0 Å².